The van der Waals surface area contributed by atoms with Gasteiger partial charge in [0.05, 0.1) is 0 Å². The molecule has 0 radical (unpaired) electrons. The zero-order valence-corrected chi connectivity index (χ0v) is 22.6. The first kappa shape index (κ1) is 28.4. The lowest BCUT2D eigenvalue weighted by Gasteiger charge is -2.31. The molecule has 0 spiro atoms. The second-order valence-electron chi connectivity index (χ2n) is 10.8. The highest BCUT2D eigenvalue weighted by Crippen LogP contribution is 2.31. The third kappa shape index (κ3) is 7.64. The van der Waals surface area contributed by atoms with Crippen molar-refractivity contribution in [3.8, 4) is 0 Å². The zero-order chi connectivity index (χ0) is 27.9. The van der Waals surface area contributed by atoms with Gasteiger partial charge in [-0.15, -0.1) is 0 Å². The first-order chi connectivity index (χ1) is 17.9. The summed E-state index contributed by atoms with van der Waals surface area (Å²) in [5.74, 6) is -0.973. The van der Waals surface area contributed by atoms with Crippen molar-refractivity contribution >= 4 is 23.6 Å². The Bertz CT molecular complexity index is 1210. The van der Waals surface area contributed by atoms with Gasteiger partial charge in [-0.1, -0.05) is 39.0 Å². The summed E-state index contributed by atoms with van der Waals surface area (Å²) < 4.78 is 10.3. The molecule has 202 valence electrons. The molecule has 2 heterocycles. The highest BCUT2D eigenvalue weighted by atomic mass is 16.6. The number of nitrogens with one attached hydrogen (secondary N) is 2. The van der Waals surface area contributed by atoms with Crippen molar-refractivity contribution in [2.24, 2.45) is 0 Å². The largest absolute Gasteiger partial charge is 0.451 e. The molecule has 10 nitrogen and oxygen atoms in total. The fraction of sp³-hybridized carbons (Fsp3) is 0.393. The smallest absolute Gasteiger partial charge is 0.407 e. The van der Waals surface area contributed by atoms with E-state index in [1.807, 2.05) is 12.1 Å². The van der Waals surface area contributed by atoms with E-state index in [-0.39, 0.29) is 24.2 Å². The number of benzene rings is 1. The minimum atomic E-state index is -1.07. The highest BCUT2D eigenvalue weighted by molar-refractivity contribution is 6.09. The van der Waals surface area contributed by atoms with Crippen LogP contribution >= 0.6 is 0 Å². The Morgan fingerprint density at radius 1 is 1.00 bits per heavy atom. The number of nitrogens with zero attached hydrogens (tertiary/aromatic N) is 3. The summed E-state index contributed by atoms with van der Waals surface area (Å²) in [5.41, 5.74) is 1.40. The summed E-state index contributed by atoms with van der Waals surface area (Å²) in [5, 5.41) is 5.42. The number of hydrogen-bond donors (Lipinski definition) is 2. The number of aromatic nitrogens is 2. The van der Waals surface area contributed by atoms with Crippen LogP contribution in [0.15, 0.2) is 65.9 Å². The molecule has 0 aliphatic rings. The van der Waals surface area contributed by atoms with Crippen LogP contribution in [0.1, 0.15) is 69.2 Å². The Labute approximate surface area is 222 Å². The molecular formula is C28H35N5O5. The van der Waals surface area contributed by atoms with Gasteiger partial charge in [0, 0.05) is 36.7 Å². The van der Waals surface area contributed by atoms with Gasteiger partial charge in [0.15, 0.2) is 12.1 Å². The van der Waals surface area contributed by atoms with Gasteiger partial charge in [-0.2, -0.15) is 0 Å². The fourth-order valence-electron chi connectivity index (χ4n) is 3.66. The molecule has 0 bridgehead atoms. The van der Waals surface area contributed by atoms with Gasteiger partial charge in [0.25, 0.3) is 5.91 Å². The van der Waals surface area contributed by atoms with Gasteiger partial charge in [0.1, 0.15) is 17.9 Å². The summed E-state index contributed by atoms with van der Waals surface area (Å²) >= 11 is 0. The van der Waals surface area contributed by atoms with Crippen LogP contribution in [-0.4, -0.2) is 46.6 Å². The van der Waals surface area contributed by atoms with E-state index >= 15 is 0 Å². The average Bonchev–Trinajstić information content (AvgIpc) is 3.39. The van der Waals surface area contributed by atoms with Crippen LogP contribution in [0.4, 0.5) is 10.5 Å². The Hall–Kier alpha value is -4.21. The zero-order valence-electron chi connectivity index (χ0n) is 22.6. The standard InChI is InChI=1S/C28H35N5O5/c1-27(2,3)20-9-11-21(12-10-20)33(25(35)22-17-37-18-32-22)23(19-8-7-13-29-16-19)24(34)30-14-15-31-26(36)38-28(4,5)6/h7-13,16-18,23H,14-15H2,1-6H3,(H,30,34)(H,31,36). The minimum Gasteiger partial charge on any atom is -0.451 e. The molecule has 3 rings (SSSR count). The summed E-state index contributed by atoms with van der Waals surface area (Å²) in [6.45, 7) is 11.8. The van der Waals surface area contributed by atoms with E-state index in [0.717, 1.165) is 12.0 Å². The SMILES string of the molecule is CC(C)(C)OC(=O)NCCNC(=O)C(c1cccnc1)N(C(=O)c1cocn1)c1ccc(C(C)(C)C)cc1. The number of oxazole rings is 1. The Morgan fingerprint density at radius 3 is 2.24 bits per heavy atom. The third-order valence-electron chi connectivity index (χ3n) is 5.48. The van der Waals surface area contributed by atoms with Crippen LogP contribution in [0.3, 0.4) is 0 Å². The van der Waals surface area contributed by atoms with E-state index in [9.17, 15) is 14.4 Å². The maximum atomic E-state index is 13.7. The van der Waals surface area contributed by atoms with Gasteiger partial charge in [-0.25, -0.2) is 9.78 Å². The predicted octanol–water partition coefficient (Wildman–Crippen LogP) is 4.40. The molecule has 1 aromatic carbocycles. The quantitative estimate of drug-likeness (QED) is 0.421. The molecule has 0 aliphatic carbocycles. The first-order valence-electron chi connectivity index (χ1n) is 12.3. The van der Waals surface area contributed by atoms with Gasteiger partial charge in [0.2, 0.25) is 5.91 Å². The van der Waals surface area contributed by atoms with E-state index in [0.29, 0.717) is 11.3 Å². The average molecular weight is 522 g/mol. The van der Waals surface area contributed by atoms with Crippen molar-refractivity contribution < 1.29 is 23.5 Å². The van der Waals surface area contributed by atoms with Crippen LogP contribution in [-0.2, 0) is 14.9 Å². The van der Waals surface area contributed by atoms with E-state index in [1.54, 1.807) is 51.2 Å². The topological polar surface area (TPSA) is 127 Å². The summed E-state index contributed by atoms with van der Waals surface area (Å²) in [6.07, 6.45) is 4.94. The second-order valence-corrected chi connectivity index (χ2v) is 10.8. The molecule has 2 aromatic heterocycles. The molecule has 1 unspecified atom stereocenters. The van der Waals surface area contributed by atoms with Gasteiger partial charge >= 0.3 is 6.09 Å². The van der Waals surface area contributed by atoms with Crippen LogP contribution in [0.5, 0.6) is 0 Å². The molecule has 0 saturated heterocycles. The number of carbonyl (C=O) groups is 3. The van der Waals surface area contributed by atoms with E-state index in [1.165, 1.54) is 17.4 Å². The first-order valence-corrected chi connectivity index (χ1v) is 12.3. The summed E-state index contributed by atoms with van der Waals surface area (Å²) in [4.78, 5) is 48.8. The monoisotopic (exact) mass is 521 g/mol. The molecule has 0 aliphatic heterocycles. The van der Waals surface area contributed by atoms with Crippen molar-refractivity contribution in [2.75, 3.05) is 18.0 Å². The van der Waals surface area contributed by atoms with E-state index in [4.69, 9.17) is 9.15 Å². The van der Waals surface area contributed by atoms with Crippen molar-refractivity contribution in [1.29, 1.82) is 0 Å². The Balaban J connectivity index is 1.91. The fourth-order valence-corrected chi connectivity index (χ4v) is 3.66. The number of amides is 3. The third-order valence-corrected chi connectivity index (χ3v) is 5.48. The molecule has 38 heavy (non-hydrogen) atoms. The number of carbonyl (C=O) groups excluding carboxylic acids is 3. The molecule has 1 atom stereocenters. The number of anilines is 1. The molecular weight excluding hydrogens is 486 g/mol. The molecule has 3 amide bonds. The molecule has 0 saturated carbocycles. The van der Waals surface area contributed by atoms with Gasteiger partial charge in [-0.05, 0) is 49.9 Å². The lowest BCUT2D eigenvalue weighted by atomic mass is 9.87. The van der Waals surface area contributed by atoms with Crippen LogP contribution in [0, 0.1) is 0 Å². The maximum absolute atomic E-state index is 13.7. The predicted molar refractivity (Wildman–Crippen MR) is 143 cm³/mol. The number of pyridine rings is 1. The second kappa shape index (κ2) is 11.9. The number of alkyl carbamates (subject to hydrolysis) is 1. The molecule has 2 N–H and O–H groups in total. The normalized spacial score (nSPS) is 12.4. The number of rotatable bonds is 8. The number of hydrogen-bond acceptors (Lipinski definition) is 7. The molecule has 0 fully saturated rings. The van der Waals surface area contributed by atoms with Gasteiger partial charge < -0.3 is 19.8 Å². The van der Waals surface area contributed by atoms with Crippen molar-refractivity contribution in [1.82, 2.24) is 20.6 Å². The highest BCUT2D eigenvalue weighted by Gasteiger charge is 2.34. The minimum absolute atomic E-state index is 0.0539. The number of ether oxygens (including phenoxy) is 1. The van der Waals surface area contributed by atoms with Crippen molar-refractivity contribution in [3.05, 3.63) is 78.3 Å². The summed E-state index contributed by atoms with van der Waals surface area (Å²) in [7, 11) is 0. The van der Waals surface area contributed by atoms with E-state index < -0.39 is 29.6 Å². The lowest BCUT2D eigenvalue weighted by molar-refractivity contribution is -0.122. The van der Waals surface area contributed by atoms with Gasteiger partial charge in [-0.3, -0.25) is 19.5 Å². The van der Waals surface area contributed by atoms with Crippen LogP contribution < -0.4 is 15.5 Å². The molecule has 3 aromatic rings. The van der Waals surface area contributed by atoms with E-state index in [2.05, 4.69) is 41.4 Å². The Kier molecular flexibility index (Phi) is 8.88. The van der Waals surface area contributed by atoms with Crippen molar-refractivity contribution in [3.63, 3.8) is 0 Å². The lowest BCUT2D eigenvalue weighted by Crippen LogP contribution is -2.46. The summed E-state index contributed by atoms with van der Waals surface area (Å²) in [6, 6.07) is 9.82. The van der Waals surface area contributed by atoms with Crippen molar-refractivity contribution in [2.45, 2.75) is 58.6 Å². The van der Waals surface area contributed by atoms with Crippen LogP contribution in [0.25, 0.3) is 0 Å². The maximum Gasteiger partial charge on any atom is 0.407 e. The van der Waals surface area contributed by atoms with Crippen LogP contribution in [0.2, 0.25) is 0 Å². The molecule has 10 heteroatoms. The Morgan fingerprint density at radius 2 is 1.68 bits per heavy atom.